The molecule has 1 heterocycles. The smallest absolute Gasteiger partial charge is 0.306 e. The second kappa shape index (κ2) is 11.5. The largest absolute Gasteiger partial charge is 0.463 e. The molecule has 0 bridgehead atoms. The predicted molar refractivity (Wildman–Crippen MR) is 84.5 cm³/mol. The second-order valence-electron chi connectivity index (χ2n) is 5.43. The average molecular weight is 276 g/mol. The topological polar surface area (TPSA) is 26.3 Å². The summed E-state index contributed by atoms with van der Waals surface area (Å²) in [5, 5.41) is 0. The van der Waals surface area contributed by atoms with E-state index >= 15 is 0 Å². The third-order valence-electron chi connectivity index (χ3n) is 3.43. The van der Waals surface area contributed by atoms with Crippen LogP contribution < -0.4 is 0 Å². The van der Waals surface area contributed by atoms with E-state index in [1.54, 1.807) is 0 Å². The summed E-state index contributed by atoms with van der Waals surface area (Å²) in [5.41, 5.74) is 0. The van der Waals surface area contributed by atoms with Crippen LogP contribution in [0.4, 0.5) is 0 Å². The van der Waals surface area contributed by atoms with Crippen molar-refractivity contribution >= 4 is 5.97 Å². The van der Waals surface area contributed by atoms with E-state index in [1.807, 2.05) is 6.92 Å². The molecule has 0 fully saturated rings. The zero-order chi connectivity index (χ0) is 14.5. The number of carbonyl (C=O) groups is 1. The van der Waals surface area contributed by atoms with Crippen LogP contribution >= 0.6 is 0 Å². The van der Waals surface area contributed by atoms with Crippen molar-refractivity contribution in [2.45, 2.75) is 70.8 Å². The minimum atomic E-state index is -0.0366. The van der Waals surface area contributed by atoms with Crippen molar-refractivity contribution in [2.24, 2.45) is 0 Å². The lowest BCUT2D eigenvalue weighted by atomic mass is 10.1. The number of carbonyl (C=O) groups excluding carboxylic acids is 1. The molecule has 2 nitrogen and oxygen atoms in total. The van der Waals surface area contributed by atoms with Crippen LogP contribution in [0.1, 0.15) is 64.7 Å². The summed E-state index contributed by atoms with van der Waals surface area (Å²) in [6.07, 6.45) is 22.0. The standard InChI is InChI=1S/C18H28O2/c1-17-15-13-11-9-7-5-3-2-4-6-8-10-12-14-16-18(19)20-17/h2-3,5,7,9,11,17H,4,6,8,10,12-16H2,1H3/b3-2-,7-5+,11-9+. The Balaban J connectivity index is 2.39. The zero-order valence-corrected chi connectivity index (χ0v) is 12.7. The minimum absolute atomic E-state index is 0.0231. The first kappa shape index (κ1) is 16.7. The second-order valence-corrected chi connectivity index (χ2v) is 5.43. The van der Waals surface area contributed by atoms with Gasteiger partial charge < -0.3 is 4.74 Å². The number of hydrogen-bond donors (Lipinski definition) is 0. The molecule has 0 aromatic rings. The van der Waals surface area contributed by atoms with Crippen LogP contribution in [-0.4, -0.2) is 12.1 Å². The van der Waals surface area contributed by atoms with Crippen LogP contribution in [0.3, 0.4) is 0 Å². The fraction of sp³-hybridized carbons (Fsp3) is 0.611. The lowest BCUT2D eigenvalue weighted by Gasteiger charge is -2.12. The van der Waals surface area contributed by atoms with Crippen molar-refractivity contribution in [3.05, 3.63) is 36.5 Å². The van der Waals surface area contributed by atoms with E-state index in [0.717, 1.165) is 32.1 Å². The lowest BCUT2D eigenvalue weighted by Crippen LogP contribution is -2.14. The highest BCUT2D eigenvalue weighted by Gasteiger charge is 2.08. The molecular formula is C18H28O2. The lowest BCUT2D eigenvalue weighted by molar-refractivity contribution is -0.148. The van der Waals surface area contributed by atoms with Gasteiger partial charge in [-0.05, 0) is 39.0 Å². The van der Waals surface area contributed by atoms with E-state index in [9.17, 15) is 4.79 Å². The van der Waals surface area contributed by atoms with Gasteiger partial charge >= 0.3 is 5.97 Å². The number of cyclic esters (lactones) is 1. The van der Waals surface area contributed by atoms with Crippen LogP contribution in [0.2, 0.25) is 0 Å². The molecule has 1 unspecified atom stereocenters. The third kappa shape index (κ3) is 9.60. The van der Waals surface area contributed by atoms with Gasteiger partial charge in [-0.15, -0.1) is 0 Å². The van der Waals surface area contributed by atoms with Gasteiger partial charge in [0.1, 0.15) is 0 Å². The highest BCUT2D eigenvalue weighted by atomic mass is 16.5. The molecule has 0 aromatic heterocycles. The van der Waals surface area contributed by atoms with Gasteiger partial charge in [0.2, 0.25) is 0 Å². The maximum absolute atomic E-state index is 11.6. The summed E-state index contributed by atoms with van der Waals surface area (Å²) in [6, 6.07) is 0. The molecule has 1 rings (SSSR count). The number of esters is 1. The van der Waals surface area contributed by atoms with Crippen molar-refractivity contribution in [3.8, 4) is 0 Å². The molecule has 0 radical (unpaired) electrons. The van der Waals surface area contributed by atoms with E-state index in [2.05, 4.69) is 36.5 Å². The first-order chi connectivity index (χ1) is 9.79. The Labute approximate surface area is 123 Å². The molecule has 0 aliphatic carbocycles. The molecule has 1 atom stereocenters. The molecular weight excluding hydrogens is 248 g/mol. The maximum atomic E-state index is 11.6. The Morgan fingerprint density at radius 3 is 2.35 bits per heavy atom. The van der Waals surface area contributed by atoms with Crippen molar-refractivity contribution in [2.75, 3.05) is 0 Å². The molecule has 20 heavy (non-hydrogen) atoms. The van der Waals surface area contributed by atoms with Gasteiger partial charge in [-0.25, -0.2) is 0 Å². The van der Waals surface area contributed by atoms with Gasteiger partial charge in [0, 0.05) is 6.42 Å². The maximum Gasteiger partial charge on any atom is 0.306 e. The fourth-order valence-corrected chi connectivity index (χ4v) is 2.21. The van der Waals surface area contributed by atoms with E-state index in [1.165, 1.54) is 19.3 Å². The zero-order valence-electron chi connectivity index (χ0n) is 12.7. The van der Waals surface area contributed by atoms with E-state index < -0.39 is 0 Å². The van der Waals surface area contributed by atoms with Crippen LogP contribution in [0, 0.1) is 0 Å². The van der Waals surface area contributed by atoms with Gasteiger partial charge in [0.15, 0.2) is 0 Å². The van der Waals surface area contributed by atoms with E-state index in [-0.39, 0.29) is 12.1 Å². The Morgan fingerprint density at radius 1 is 0.900 bits per heavy atom. The summed E-state index contributed by atoms with van der Waals surface area (Å²) >= 11 is 0. The molecule has 0 amide bonds. The Bertz CT molecular complexity index is 339. The van der Waals surface area contributed by atoms with Crippen LogP contribution in [-0.2, 0) is 9.53 Å². The van der Waals surface area contributed by atoms with Gasteiger partial charge in [-0.3, -0.25) is 4.79 Å². The summed E-state index contributed by atoms with van der Waals surface area (Å²) in [7, 11) is 0. The van der Waals surface area contributed by atoms with Gasteiger partial charge in [-0.1, -0.05) is 55.7 Å². The van der Waals surface area contributed by atoms with Gasteiger partial charge in [-0.2, -0.15) is 0 Å². The fourth-order valence-electron chi connectivity index (χ4n) is 2.21. The minimum Gasteiger partial charge on any atom is -0.463 e. The Morgan fingerprint density at radius 2 is 1.55 bits per heavy atom. The molecule has 0 spiro atoms. The van der Waals surface area contributed by atoms with Crippen molar-refractivity contribution in [1.82, 2.24) is 0 Å². The molecule has 1 aliphatic heterocycles. The number of allylic oxidation sites excluding steroid dienone is 6. The summed E-state index contributed by atoms with van der Waals surface area (Å²) in [6.45, 7) is 1.97. The van der Waals surface area contributed by atoms with E-state index in [4.69, 9.17) is 4.74 Å². The van der Waals surface area contributed by atoms with Crippen LogP contribution in [0.25, 0.3) is 0 Å². The molecule has 0 saturated carbocycles. The highest BCUT2D eigenvalue weighted by molar-refractivity contribution is 5.69. The van der Waals surface area contributed by atoms with Crippen molar-refractivity contribution < 1.29 is 9.53 Å². The number of rotatable bonds is 0. The molecule has 112 valence electrons. The monoisotopic (exact) mass is 276 g/mol. The summed E-state index contributed by atoms with van der Waals surface area (Å²) in [4.78, 5) is 11.6. The van der Waals surface area contributed by atoms with Crippen LogP contribution in [0.5, 0.6) is 0 Å². The van der Waals surface area contributed by atoms with E-state index in [0.29, 0.717) is 6.42 Å². The molecule has 0 saturated heterocycles. The number of hydrogen-bond acceptors (Lipinski definition) is 2. The first-order valence-electron chi connectivity index (χ1n) is 7.97. The number of ether oxygens (including phenoxy) is 1. The van der Waals surface area contributed by atoms with Gasteiger partial charge in [0.05, 0.1) is 6.10 Å². The average Bonchev–Trinajstić information content (AvgIpc) is 2.42. The van der Waals surface area contributed by atoms with Crippen molar-refractivity contribution in [3.63, 3.8) is 0 Å². The Hall–Kier alpha value is -1.31. The first-order valence-corrected chi connectivity index (χ1v) is 7.97. The molecule has 2 heteroatoms. The molecule has 0 aromatic carbocycles. The third-order valence-corrected chi connectivity index (χ3v) is 3.43. The summed E-state index contributed by atoms with van der Waals surface area (Å²) < 4.78 is 5.39. The quantitative estimate of drug-likeness (QED) is 0.575. The molecule has 0 N–H and O–H groups in total. The SMILES string of the molecule is CC1CC/C=C/C=C/C=C\CCCCCCCC(=O)O1. The normalized spacial score (nSPS) is 28.6. The van der Waals surface area contributed by atoms with Gasteiger partial charge in [0.25, 0.3) is 0 Å². The summed E-state index contributed by atoms with van der Waals surface area (Å²) in [5.74, 6) is -0.0366. The molecule has 1 aliphatic rings. The highest BCUT2D eigenvalue weighted by Crippen LogP contribution is 2.10. The predicted octanol–water partition coefficient (Wildman–Crippen LogP) is 5.11. The van der Waals surface area contributed by atoms with Crippen molar-refractivity contribution in [1.29, 1.82) is 0 Å². The Kier molecular flexibility index (Phi) is 9.64. The van der Waals surface area contributed by atoms with Crippen LogP contribution in [0.15, 0.2) is 36.5 Å².